The Morgan fingerprint density at radius 1 is 1.39 bits per heavy atom. The average Bonchev–Trinajstić information content (AvgIpc) is 2.76. The van der Waals surface area contributed by atoms with Gasteiger partial charge >= 0.3 is 0 Å². The van der Waals surface area contributed by atoms with Crippen molar-refractivity contribution in [2.45, 2.75) is 20.6 Å². The summed E-state index contributed by atoms with van der Waals surface area (Å²) in [6.45, 7) is 1.91. The van der Waals surface area contributed by atoms with Crippen molar-refractivity contribution in [1.82, 2.24) is 15.2 Å². The lowest BCUT2D eigenvalue weighted by molar-refractivity contribution is 0.952. The number of aromatic nitrogens is 3. The van der Waals surface area contributed by atoms with Crippen LogP contribution in [0.1, 0.15) is 11.1 Å². The van der Waals surface area contributed by atoms with Crippen LogP contribution in [-0.2, 0) is 0 Å². The zero-order valence-electron chi connectivity index (χ0n) is 9.80. The zero-order valence-corrected chi connectivity index (χ0v) is 12.2. The van der Waals surface area contributed by atoms with Gasteiger partial charge < -0.3 is 5.73 Å². The summed E-state index contributed by atoms with van der Waals surface area (Å²) < 4.78 is 1.72. The molecule has 3 N–H and O–H groups in total. The first-order valence-electron chi connectivity index (χ1n) is 4.97. The first-order valence-corrected chi connectivity index (χ1v) is 7.83. The van der Waals surface area contributed by atoms with Crippen LogP contribution in [0, 0.1) is 12.3 Å². The highest BCUT2D eigenvalue weighted by Crippen LogP contribution is 2.33. The fraction of sp³-hybridized carbons (Fsp3) is 0.200. The molecular formula is C10H11N5S3. The topological polar surface area (TPSA) is 88.5 Å². The minimum absolute atomic E-state index is 0.0257. The van der Waals surface area contributed by atoms with Gasteiger partial charge in [0.05, 0.1) is 5.56 Å². The highest BCUT2D eigenvalue weighted by Gasteiger charge is 2.14. The lowest BCUT2D eigenvalue weighted by Gasteiger charge is -2.07. The number of nitrogens with zero attached hydrogens (tertiary/aromatic N) is 3. The smallest absolute Gasteiger partial charge is 0.181 e. The molecule has 8 heteroatoms. The van der Waals surface area contributed by atoms with Crippen molar-refractivity contribution >= 4 is 40.7 Å². The van der Waals surface area contributed by atoms with Crippen molar-refractivity contribution < 1.29 is 0 Å². The summed E-state index contributed by atoms with van der Waals surface area (Å²) in [5, 5.41) is 16.4. The van der Waals surface area contributed by atoms with Crippen LogP contribution >= 0.6 is 34.9 Å². The van der Waals surface area contributed by atoms with Crippen molar-refractivity contribution in [3.8, 4) is 0 Å². The third-order valence-electron chi connectivity index (χ3n) is 2.14. The minimum Gasteiger partial charge on any atom is -0.384 e. The Kier molecular flexibility index (Phi) is 4.20. The van der Waals surface area contributed by atoms with Crippen molar-refractivity contribution in [3.05, 3.63) is 23.4 Å². The third-order valence-corrected chi connectivity index (χ3v) is 5.09. The SMILES string of the molecule is CSc1nnc(Sc2nccc(C)c2C(=N)N)s1. The molecule has 0 aliphatic rings. The number of nitrogens with one attached hydrogen (secondary N) is 1. The number of thioether (sulfide) groups is 1. The molecule has 0 unspecified atom stereocenters. The van der Waals surface area contributed by atoms with Crippen LogP contribution in [0.25, 0.3) is 0 Å². The van der Waals surface area contributed by atoms with E-state index in [1.165, 1.54) is 23.1 Å². The van der Waals surface area contributed by atoms with E-state index in [2.05, 4.69) is 15.2 Å². The van der Waals surface area contributed by atoms with E-state index >= 15 is 0 Å². The molecule has 0 aromatic carbocycles. The summed E-state index contributed by atoms with van der Waals surface area (Å²) in [6, 6.07) is 1.84. The van der Waals surface area contributed by atoms with E-state index in [1.54, 1.807) is 18.0 Å². The molecule has 0 saturated heterocycles. The number of hydrogen-bond donors (Lipinski definition) is 2. The van der Waals surface area contributed by atoms with Gasteiger partial charge in [0.2, 0.25) is 0 Å². The molecule has 0 radical (unpaired) electrons. The second-order valence-corrected chi connectivity index (χ2v) is 6.63. The highest BCUT2D eigenvalue weighted by atomic mass is 32.2. The average molecular weight is 297 g/mol. The van der Waals surface area contributed by atoms with Gasteiger partial charge in [-0.3, -0.25) is 5.41 Å². The summed E-state index contributed by atoms with van der Waals surface area (Å²) >= 11 is 4.46. The lowest BCUT2D eigenvalue weighted by atomic mass is 10.1. The number of nitrogen functional groups attached to an aromatic ring is 1. The van der Waals surface area contributed by atoms with E-state index in [0.29, 0.717) is 10.6 Å². The fourth-order valence-corrected chi connectivity index (χ4v) is 3.88. The predicted molar refractivity (Wildman–Crippen MR) is 75.8 cm³/mol. The number of nitrogens with two attached hydrogens (primary N) is 1. The molecule has 2 aromatic rings. The molecule has 5 nitrogen and oxygen atoms in total. The van der Waals surface area contributed by atoms with Crippen LogP contribution in [0.2, 0.25) is 0 Å². The normalized spacial score (nSPS) is 10.6. The Hall–Kier alpha value is -1.12. The van der Waals surface area contributed by atoms with Gasteiger partial charge in [0.25, 0.3) is 0 Å². The molecule has 18 heavy (non-hydrogen) atoms. The summed E-state index contributed by atoms with van der Waals surface area (Å²) in [6.07, 6.45) is 3.67. The van der Waals surface area contributed by atoms with E-state index in [9.17, 15) is 0 Å². The molecule has 0 amide bonds. The van der Waals surface area contributed by atoms with Gasteiger partial charge in [-0.1, -0.05) is 23.1 Å². The van der Waals surface area contributed by atoms with Crippen molar-refractivity contribution in [2.24, 2.45) is 5.73 Å². The van der Waals surface area contributed by atoms with E-state index in [0.717, 1.165) is 14.2 Å². The van der Waals surface area contributed by atoms with Gasteiger partial charge in [-0.2, -0.15) is 0 Å². The Balaban J connectivity index is 2.34. The van der Waals surface area contributed by atoms with Gasteiger partial charge in [0.15, 0.2) is 8.68 Å². The van der Waals surface area contributed by atoms with Crippen molar-refractivity contribution in [3.63, 3.8) is 0 Å². The largest absolute Gasteiger partial charge is 0.384 e. The molecule has 0 aliphatic carbocycles. The maximum Gasteiger partial charge on any atom is 0.181 e. The molecule has 2 aromatic heterocycles. The minimum atomic E-state index is 0.0257. The van der Waals surface area contributed by atoms with Crippen LogP contribution in [0.15, 0.2) is 26.0 Å². The molecule has 0 aliphatic heterocycles. The molecule has 0 spiro atoms. The summed E-state index contributed by atoms with van der Waals surface area (Å²) in [5.74, 6) is 0.0257. The number of pyridine rings is 1. The van der Waals surface area contributed by atoms with Crippen molar-refractivity contribution in [2.75, 3.05) is 6.26 Å². The third kappa shape index (κ3) is 2.82. The van der Waals surface area contributed by atoms with E-state index in [-0.39, 0.29) is 5.84 Å². The molecule has 0 fully saturated rings. The van der Waals surface area contributed by atoms with Crippen LogP contribution in [0.5, 0.6) is 0 Å². The Morgan fingerprint density at radius 3 is 2.72 bits per heavy atom. The Bertz CT molecular complexity index is 581. The molecule has 0 saturated carbocycles. The summed E-state index contributed by atoms with van der Waals surface area (Å²) in [5.41, 5.74) is 7.20. The van der Waals surface area contributed by atoms with Crippen LogP contribution in [0.3, 0.4) is 0 Å². The number of hydrogen-bond acceptors (Lipinski definition) is 7. The molecular weight excluding hydrogens is 286 g/mol. The molecule has 2 heterocycles. The standard InChI is InChI=1S/C10H11N5S3/c1-5-3-4-13-8(6(5)7(11)12)17-10-15-14-9(16-2)18-10/h3-4H,1-2H3,(H3,11,12). The zero-order chi connectivity index (χ0) is 13.1. The van der Waals surface area contributed by atoms with Crippen LogP contribution in [0.4, 0.5) is 0 Å². The predicted octanol–water partition coefficient (Wildman–Crippen LogP) is 2.40. The number of aryl methyl sites for hydroxylation is 1. The molecule has 0 atom stereocenters. The lowest BCUT2D eigenvalue weighted by Crippen LogP contribution is -2.14. The number of amidine groups is 1. The van der Waals surface area contributed by atoms with Gasteiger partial charge in [-0.05, 0) is 36.6 Å². The molecule has 94 valence electrons. The monoisotopic (exact) mass is 297 g/mol. The van der Waals surface area contributed by atoms with E-state index in [1.807, 2.05) is 19.2 Å². The highest BCUT2D eigenvalue weighted by molar-refractivity contribution is 8.03. The Morgan fingerprint density at radius 2 is 2.11 bits per heavy atom. The second-order valence-electron chi connectivity index (χ2n) is 3.36. The maximum atomic E-state index is 7.61. The summed E-state index contributed by atoms with van der Waals surface area (Å²) in [7, 11) is 0. The van der Waals surface area contributed by atoms with Gasteiger partial charge in [-0.25, -0.2) is 4.98 Å². The quantitative estimate of drug-likeness (QED) is 0.512. The first-order chi connectivity index (χ1) is 8.61. The van der Waals surface area contributed by atoms with E-state index in [4.69, 9.17) is 11.1 Å². The maximum absolute atomic E-state index is 7.61. The first kappa shape index (κ1) is 13.3. The molecule has 2 rings (SSSR count). The van der Waals surface area contributed by atoms with Gasteiger partial charge in [-0.15, -0.1) is 10.2 Å². The second kappa shape index (κ2) is 5.68. The number of rotatable bonds is 4. The van der Waals surface area contributed by atoms with Gasteiger partial charge in [0.1, 0.15) is 10.9 Å². The molecule has 0 bridgehead atoms. The van der Waals surface area contributed by atoms with Crippen LogP contribution < -0.4 is 5.73 Å². The Labute approximate surface area is 117 Å². The van der Waals surface area contributed by atoms with Gasteiger partial charge in [0, 0.05) is 6.20 Å². The van der Waals surface area contributed by atoms with Crippen molar-refractivity contribution in [1.29, 1.82) is 5.41 Å². The van der Waals surface area contributed by atoms with Crippen LogP contribution in [-0.4, -0.2) is 27.3 Å². The van der Waals surface area contributed by atoms with E-state index < -0.39 is 0 Å². The fourth-order valence-electron chi connectivity index (χ4n) is 1.34. The summed E-state index contributed by atoms with van der Waals surface area (Å²) in [4.78, 5) is 4.27.